The van der Waals surface area contributed by atoms with E-state index in [1.54, 1.807) is 30.3 Å². The highest BCUT2D eigenvalue weighted by molar-refractivity contribution is 5.96. The van der Waals surface area contributed by atoms with Crippen molar-refractivity contribution < 1.29 is 39.0 Å². The minimum absolute atomic E-state index is 0.0777. The zero-order valence-electron chi connectivity index (χ0n) is 21.7. The number of amides is 4. The van der Waals surface area contributed by atoms with Gasteiger partial charge in [0.2, 0.25) is 23.6 Å². The summed E-state index contributed by atoms with van der Waals surface area (Å²) in [5.74, 6) is -6.61. The summed E-state index contributed by atoms with van der Waals surface area (Å²) in [6, 6.07) is 3.24. The van der Waals surface area contributed by atoms with Gasteiger partial charge < -0.3 is 49.1 Å². The van der Waals surface area contributed by atoms with Crippen molar-refractivity contribution in [3.8, 4) is 0 Å². The average Bonchev–Trinajstić information content (AvgIpc) is 2.87. The summed E-state index contributed by atoms with van der Waals surface area (Å²) in [7, 11) is 0. The monoisotopic (exact) mass is 564 g/mol. The Morgan fingerprint density at radius 2 is 1.38 bits per heavy atom. The maximum atomic E-state index is 13.0. The third-order valence-electron chi connectivity index (χ3n) is 5.51. The lowest BCUT2D eigenvalue weighted by Gasteiger charge is -2.24. The Kier molecular flexibility index (Phi) is 14.1. The summed E-state index contributed by atoms with van der Waals surface area (Å²) in [6.07, 6.45) is -1.34. The van der Waals surface area contributed by atoms with Crippen molar-refractivity contribution >= 4 is 41.5 Å². The molecule has 0 fully saturated rings. The van der Waals surface area contributed by atoms with Gasteiger partial charge in [0, 0.05) is 13.0 Å². The van der Waals surface area contributed by atoms with Crippen LogP contribution in [0.3, 0.4) is 0 Å². The zero-order chi connectivity index (χ0) is 30.2. The van der Waals surface area contributed by atoms with Crippen LogP contribution in [-0.2, 0) is 35.2 Å². The minimum atomic E-state index is -1.62. The van der Waals surface area contributed by atoms with E-state index in [-0.39, 0.29) is 38.2 Å². The Hall–Kier alpha value is -4.73. The molecule has 13 N–H and O–H groups in total. The van der Waals surface area contributed by atoms with Crippen LogP contribution in [0.1, 0.15) is 37.7 Å². The predicted molar refractivity (Wildman–Crippen MR) is 142 cm³/mol. The second-order valence-electron chi connectivity index (χ2n) is 8.87. The Labute approximate surface area is 229 Å². The number of nitrogens with two attached hydrogens (primary N) is 4. The Morgan fingerprint density at radius 1 is 0.800 bits per heavy atom. The third kappa shape index (κ3) is 13.2. The van der Waals surface area contributed by atoms with E-state index in [1.165, 1.54) is 0 Å². The number of guanidine groups is 1. The standard InChI is InChI=1S/C24H36N8O8/c25-14(11-13-5-2-1-3-6-13)20(36)30-15(8-9-19(34)35)21(37)32-17(12-18(26)33)22(38)31-16(23(39)40)7-4-10-29-24(27)28/h1-3,5-6,14-17H,4,7-12,25H2,(H2,26,33)(H,30,36)(H,31,38)(H,32,37)(H,34,35)(H,39,40)(H4,27,28,29). The SMILES string of the molecule is NC(=O)CC(NC(=O)C(CCC(=O)O)NC(=O)C(N)Cc1ccccc1)C(=O)NC(CCCN=C(N)N)C(=O)O. The topological polar surface area (TPSA) is 295 Å². The number of carbonyl (C=O) groups is 6. The van der Waals surface area contributed by atoms with Crippen LogP contribution in [0.2, 0.25) is 0 Å². The Balaban J connectivity index is 2.98. The van der Waals surface area contributed by atoms with Crippen LogP contribution in [0.4, 0.5) is 0 Å². The molecule has 16 nitrogen and oxygen atoms in total. The summed E-state index contributed by atoms with van der Waals surface area (Å²) in [5.41, 5.74) is 22.3. The van der Waals surface area contributed by atoms with Crippen LogP contribution in [0.5, 0.6) is 0 Å². The summed E-state index contributed by atoms with van der Waals surface area (Å²) in [4.78, 5) is 76.6. The molecule has 4 atom stereocenters. The highest BCUT2D eigenvalue weighted by atomic mass is 16.4. The third-order valence-corrected chi connectivity index (χ3v) is 5.51. The molecule has 0 bridgehead atoms. The van der Waals surface area contributed by atoms with Gasteiger partial charge in [0.25, 0.3) is 0 Å². The quantitative estimate of drug-likeness (QED) is 0.0488. The van der Waals surface area contributed by atoms with Crippen LogP contribution in [-0.4, -0.2) is 82.5 Å². The van der Waals surface area contributed by atoms with Crippen molar-refractivity contribution in [1.82, 2.24) is 16.0 Å². The molecule has 220 valence electrons. The van der Waals surface area contributed by atoms with Crippen LogP contribution < -0.4 is 38.9 Å². The zero-order valence-corrected chi connectivity index (χ0v) is 21.7. The fraction of sp³-hybridized carbons (Fsp3) is 0.458. The number of hydrogen-bond donors (Lipinski definition) is 9. The first-order chi connectivity index (χ1) is 18.8. The number of aliphatic imine (C=N–C) groups is 1. The van der Waals surface area contributed by atoms with E-state index >= 15 is 0 Å². The molecule has 1 aromatic carbocycles. The molecule has 16 heteroatoms. The smallest absolute Gasteiger partial charge is 0.326 e. The van der Waals surface area contributed by atoms with Crippen LogP contribution in [0.15, 0.2) is 35.3 Å². The number of rotatable bonds is 18. The van der Waals surface area contributed by atoms with Crippen LogP contribution in [0, 0.1) is 0 Å². The fourth-order valence-corrected chi connectivity index (χ4v) is 3.49. The number of hydrogen-bond acceptors (Lipinski definition) is 8. The van der Waals surface area contributed by atoms with Crippen molar-refractivity contribution in [2.45, 2.75) is 62.7 Å². The normalized spacial score (nSPS) is 13.5. The van der Waals surface area contributed by atoms with Gasteiger partial charge in [-0.15, -0.1) is 0 Å². The van der Waals surface area contributed by atoms with E-state index in [4.69, 9.17) is 28.0 Å². The van der Waals surface area contributed by atoms with Crippen molar-refractivity contribution in [1.29, 1.82) is 0 Å². The molecule has 1 rings (SSSR count). The van der Waals surface area contributed by atoms with E-state index in [9.17, 15) is 33.9 Å². The lowest BCUT2D eigenvalue weighted by Crippen LogP contribution is -2.58. The number of carbonyl (C=O) groups excluding carboxylic acids is 4. The molecule has 0 radical (unpaired) electrons. The van der Waals surface area contributed by atoms with Crippen molar-refractivity contribution in [2.75, 3.05) is 6.54 Å². The minimum Gasteiger partial charge on any atom is -0.481 e. The van der Waals surface area contributed by atoms with E-state index < -0.39 is 72.6 Å². The van der Waals surface area contributed by atoms with Gasteiger partial charge >= 0.3 is 11.9 Å². The molecule has 0 saturated carbocycles. The number of carboxylic acid groups (broad SMARTS) is 2. The molecule has 0 heterocycles. The molecular formula is C24H36N8O8. The van der Waals surface area contributed by atoms with Crippen molar-refractivity contribution in [3.05, 3.63) is 35.9 Å². The fourth-order valence-electron chi connectivity index (χ4n) is 3.49. The Bertz CT molecular complexity index is 1080. The Morgan fingerprint density at radius 3 is 1.93 bits per heavy atom. The van der Waals surface area contributed by atoms with Gasteiger partial charge in [0.05, 0.1) is 12.5 Å². The van der Waals surface area contributed by atoms with Gasteiger partial charge in [-0.3, -0.25) is 29.0 Å². The lowest BCUT2D eigenvalue weighted by atomic mass is 10.0. The summed E-state index contributed by atoms with van der Waals surface area (Å²) in [6.45, 7) is 0.0980. The highest BCUT2D eigenvalue weighted by Gasteiger charge is 2.31. The number of benzene rings is 1. The van der Waals surface area contributed by atoms with E-state index in [2.05, 4.69) is 20.9 Å². The van der Waals surface area contributed by atoms with Crippen LogP contribution in [0.25, 0.3) is 0 Å². The number of primary amides is 1. The molecule has 0 spiro atoms. The molecule has 0 aliphatic carbocycles. The number of nitrogens with one attached hydrogen (secondary N) is 3. The van der Waals surface area contributed by atoms with Crippen molar-refractivity contribution in [3.63, 3.8) is 0 Å². The number of aliphatic carboxylic acids is 2. The summed E-state index contributed by atoms with van der Waals surface area (Å²) < 4.78 is 0. The molecule has 4 unspecified atom stereocenters. The molecule has 0 saturated heterocycles. The molecular weight excluding hydrogens is 528 g/mol. The van der Waals surface area contributed by atoms with E-state index in [0.29, 0.717) is 0 Å². The first kappa shape index (κ1) is 33.3. The second kappa shape index (κ2) is 17.0. The number of nitrogens with zero attached hydrogens (tertiary/aromatic N) is 1. The number of carboxylic acids is 2. The molecule has 0 aliphatic heterocycles. The van der Waals surface area contributed by atoms with Gasteiger partial charge in [-0.2, -0.15) is 0 Å². The van der Waals surface area contributed by atoms with E-state index in [1.807, 2.05) is 0 Å². The molecule has 0 aliphatic rings. The molecule has 4 amide bonds. The van der Waals surface area contributed by atoms with Crippen molar-refractivity contribution in [2.24, 2.45) is 27.9 Å². The maximum Gasteiger partial charge on any atom is 0.326 e. The average molecular weight is 565 g/mol. The van der Waals surface area contributed by atoms with Gasteiger partial charge in [-0.1, -0.05) is 30.3 Å². The van der Waals surface area contributed by atoms with E-state index in [0.717, 1.165) is 5.56 Å². The predicted octanol–water partition coefficient (Wildman–Crippen LogP) is -3.11. The maximum absolute atomic E-state index is 13.0. The van der Waals surface area contributed by atoms with Gasteiger partial charge in [0.1, 0.15) is 18.1 Å². The van der Waals surface area contributed by atoms with Gasteiger partial charge in [0.15, 0.2) is 5.96 Å². The van der Waals surface area contributed by atoms with Gasteiger partial charge in [-0.25, -0.2) is 4.79 Å². The first-order valence-corrected chi connectivity index (χ1v) is 12.3. The summed E-state index contributed by atoms with van der Waals surface area (Å²) in [5, 5.41) is 25.4. The largest absolute Gasteiger partial charge is 0.481 e. The molecule has 40 heavy (non-hydrogen) atoms. The highest BCUT2D eigenvalue weighted by Crippen LogP contribution is 2.06. The molecule has 0 aromatic heterocycles. The van der Waals surface area contributed by atoms with Gasteiger partial charge in [-0.05, 0) is 31.2 Å². The van der Waals surface area contributed by atoms with Crippen LogP contribution >= 0.6 is 0 Å². The molecule has 1 aromatic rings. The second-order valence-corrected chi connectivity index (χ2v) is 8.87. The first-order valence-electron chi connectivity index (χ1n) is 12.3. The lowest BCUT2D eigenvalue weighted by molar-refractivity contribution is -0.142. The summed E-state index contributed by atoms with van der Waals surface area (Å²) >= 11 is 0.